The first-order valence-corrected chi connectivity index (χ1v) is 11.4. The standard InChI is InChI=1S/C27H39NO/c1-5-6-7-11-26(28-4)27(29)12-9-8-10-25(23-17-13-21(2)14-18-23)24-19-15-22(3)16-20-24/h13-20,25-26,28H,5-12H2,1-4H3/t26-/m0/s1. The van der Waals surface area contributed by atoms with Crippen LogP contribution in [-0.4, -0.2) is 18.9 Å². The van der Waals surface area contributed by atoms with Crippen molar-refractivity contribution >= 4 is 5.78 Å². The Balaban J connectivity index is 1.93. The topological polar surface area (TPSA) is 29.1 Å². The zero-order valence-electron chi connectivity index (χ0n) is 18.8. The summed E-state index contributed by atoms with van der Waals surface area (Å²) >= 11 is 0. The Morgan fingerprint density at radius 2 is 1.31 bits per heavy atom. The Labute approximate surface area is 178 Å². The highest BCUT2D eigenvalue weighted by Gasteiger charge is 2.17. The molecule has 1 N–H and O–H groups in total. The lowest BCUT2D eigenvalue weighted by Crippen LogP contribution is -2.33. The van der Waals surface area contributed by atoms with E-state index in [0.717, 1.165) is 32.1 Å². The molecule has 2 aromatic rings. The summed E-state index contributed by atoms with van der Waals surface area (Å²) in [6, 6.07) is 17.9. The second-order valence-electron chi connectivity index (χ2n) is 8.42. The number of likely N-dealkylation sites (N-methyl/N-ethyl adjacent to an activating group) is 1. The van der Waals surface area contributed by atoms with Crippen LogP contribution >= 0.6 is 0 Å². The molecule has 0 aliphatic carbocycles. The van der Waals surface area contributed by atoms with Gasteiger partial charge in [-0.2, -0.15) is 0 Å². The zero-order valence-corrected chi connectivity index (χ0v) is 18.8. The molecule has 0 unspecified atom stereocenters. The van der Waals surface area contributed by atoms with E-state index >= 15 is 0 Å². The van der Waals surface area contributed by atoms with Gasteiger partial charge in [0.1, 0.15) is 5.78 Å². The number of rotatable bonds is 13. The number of benzene rings is 2. The molecule has 2 aromatic carbocycles. The number of Topliss-reactive ketones (excluding diaryl/α,β-unsaturated/α-hetero) is 1. The van der Waals surface area contributed by atoms with Gasteiger partial charge in [0, 0.05) is 12.3 Å². The molecule has 0 bridgehead atoms. The van der Waals surface area contributed by atoms with Gasteiger partial charge in [0.15, 0.2) is 0 Å². The average molecular weight is 394 g/mol. The predicted molar refractivity (Wildman–Crippen MR) is 125 cm³/mol. The van der Waals surface area contributed by atoms with E-state index in [1.807, 2.05) is 7.05 Å². The molecule has 29 heavy (non-hydrogen) atoms. The highest BCUT2D eigenvalue weighted by Crippen LogP contribution is 2.30. The van der Waals surface area contributed by atoms with Gasteiger partial charge in [-0.1, -0.05) is 92.3 Å². The fraction of sp³-hybridized carbons (Fsp3) is 0.519. The lowest BCUT2D eigenvalue weighted by Gasteiger charge is -2.19. The lowest BCUT2D eigenvalue weighted by atomic mass is 9.86. The Bertz CT molecular complexity index is 672. The van der Waals surface area contributed by atoms with Crippen molar-refractivity contribution in [3.8, 4) is 0 Å². The first kappa shape index (κ1) is 23.3. The van der Waals surface area contributed by atoms with Gasteiger partial charge >= 0.3 is 0 Å². The quantitative estimate of drug-likeness (QED) is 0.382. The second kappa shape index (κ2) is 12.6. The monoisotopic (exact) mass is 393 g/mol. The number of aryl methyl sites for hydroxylation is 2. The summed E-state index contributed by atoms with van der Waals surface area (Å²) in [5.74, 6) is 0.779. The van der Waals surface area contributed by atoms with E-state index in [0.29, 0.717) is 18.1 Å². The first-order valence-electron chi connectivity index (χ1n) is 11.4. The maximum atomic E-state index is 12.6. The molecule has 1 atom stereocenters. The molecule has 0 saturated carbocycles. The van der Waals surface area contributed by atoms with Crippen LogP contribution in [0.5, 0.6) is 0 Å². The van der Waals surface area contributed by atoms with Crippen molar-refractivity contribution in [3.63, 3.8) is 0 Å². The molecule has 0 spiro atoms. The summed E-state index contributed by atoms with van der Waals surface area (Å²) < 4.78 is 0. The van der Waals surface area contributed by atoms with Crippen molar-refractivity contribution < 1.29 is 4.79 Å². The molecular formula is C27H39NO. The third kappa shape index (κ3) is 7.78. The molecule has 0 aromatic heterocycles. The normalized spacial score (nSPS) is 12.3. The fourth-order valence-electron chi connectivity index (χ4n) is 4.01. The van der Waals surface area contributed by atoms with E-state index < -0.39 is 0 Å². The van der Waals surface area contributed by atoms with Gasteiger partial charge in [0.25, 0.3) is 0 Å². The lowest BCUT2D eigenvalue weighted by molar-refractivity contribution is -0.121. The number of ketones is 1. The predicted octanol–water partition coefficient (Wildman–Crippen LogP) is 6.73. The molecule has 0 aliphatic rings. The van der Waals surface area contributed by atoms with Crippen LogP contribution in [0.2, 0.25) is 0 Å². The largest absolute Gasteiger partial charge is 0.311 e. The van der Waals surface area contributed by atoms with Gasteiger partial charge in [-0.3, -0.25) is 4.79 Å². The van der Waals surface area contributed by atoms with Gasteiger partial charge < -0.3 is 5.32 Å². The van der Waals surface area contributed by atoms with Crippen molar-refractivity contribution in [2.45, 2.75) is 84.1 Å². The summed E-state index contributed by atoms with van der Waals surface area (Å²) in [4.78, 5) is 12.6. The summed E-state index contributed by atoms with van der Waals surface area (Å²) in [5.41, 5.74) is 5.34. The minimum atomic E-state index is 0.0338. The summed E-state index contributed by atoms with van der Waals surface area (Å²) in [6.45, 7) is 6.47. The molecule has 0 saturated heterocycles. The van der Waals surface area contributed by atoms with Crippen LogP contribution in [0.1, 0.15) is 86.5 Å². The third-order valence-electron chi connectivity index (χ3n) is 5.96. The van der Waals surface area contributed by atoms with E-state index in [1.54, 1.807) is 0 Å². The highest BCUT2D eigenvalue weighted by molar-refractivity contribution is 5.83. The molecule has 2 nitrogen and oxygen atoms in total. The van der Waals surface area contributed by atoms with Crippen LogP contribution in [0.15, 0.2) is 48.5 Å². The Morgan fingerprint density at radius 3 is 1.79 bits per heavy atom. The zero-order chi connectivity index (χ0) is 21.1. The van der Waals surface area contributed by atoms with Crippen molar-refractivity contribution in [1.29, 1.82) is 0 Å². The van der Waals surface area contributed by atoms with Crippen LogP contribution in [0.25, 0.3) is 0 Å². The number of carbonyl (C=O) groups is 1. The smallest absolute Gasteiger partial charge is 0.149 e. The minimum Gasteiger partial charge on any atom is -0.311 e. The molecule has 158 valence electrons. The van der Waals surface area contributed by atoms with Gasteiger partial charge in [-0.15, -0.1) is 0 Å². The molecule has 0 fully saturated rings. The van der Waals surface area contributed by atoms with Crippen molar-refractivity contribution in [3.05, 3.63) is 70.8 Å². The van der Waals surface area contributed by atoms with Crippen molar-refractivity contribution in [1.82, 2.24) is 5.32 Å². The number of carbonyl (C=O) groups excluding carboxylic acids is 1. The number of hydrogen-bond donors (Lipinski definition) is 1. The Morgan fingerprint density at radius 1 is 0.793 bits per heavy atom. The van der Waals surface area contributed by atoms with Gasteiger partial charge in [0.2, 0.25) is 0 Å². The Kier molecular flexibility index (Phi) is 10.1. The highest BCUT2D eigenvalue weighted by atomic mass is 16.1. The maximum Gasteiger partial charge on any atom is 0.149 e. The average Bonchev–Trinajstić information content (AvgIpc) is 2.73. The molecule has 2 rings (SSSR count). The summed E-state index contributed by atoms with van der Waals surface area (Å²) in [6.07, 6.45) is 8.33. The van der Waals surface area contributed by atoms with Crippen LogP contribution < -0.4 is 5.32 Å². The van der Waals surface area contributed by atoms with Gasteiger partial charge in [0.05, 0.1) is 6.04 Å². The first-order chi connectivity index (χ1) is 14.0. The van der Waals surface area contributed by atoms with Crippen LogP contribution in [0.4, 0.5) is 0 Å². The van der Waals surface area contributed by atoms with Crippen LogP contribution in [0, 0.1) is 13.8 Å². The van der Waals surface area contributed by atoms with E-state index in [-0.39, 0.29) is 6.04 Å². The second-order valence-corrected chi connectivity index (χ2v) is 8.42. The number of nitrogens with one attached hydrogen (secondary N) is 1. The fourth-order valence-corrected chi connectivity index (χ4v) is 4.01. The third-order valence-corrected chi connectivity index (χ3v) is 5.96. The van der Waals surface area contributed by atoms with E-state index in [9.17, 15) is 4.79 Å². The molecule has 0 radical (unpaired) electrons. The molecule has 0 aliphatic heterocycles. The van der Waals surface area contributed by atoms with Gasteiger partial charge in [-0.25, -0.2) is 0 Å². The van der Waals surface area contributed by atoms with Crippen molar-refractivity contribution in [2.24, 2.45) is 0 Å². The Hall–Kier alpha value is -1.93. The summed E-state index contributed by atoms with van der Waals surface area (Å²) in [7, 11) is 1.92. The molecule has 0 heterocycles. The SMILES string of the molecule is CCCCC[C@H](NC)C(=O)CCCCC(c1ccc(C)cc1)c1ccc(C)cc1. The summed E-state index contributed by atoms with van der Waals surface area (Å²) in [5, 5.41) is 3.22. The van der Waals surface area contributed by atoms with E-state index in [2.05, 4.69) is 74.6 Å². The van der Waals surface area contributed by atoms with Crippen LogP contribution in [0.3, 0.4) is 0 Å². The number of hydrogen-bond acceptors (Lipinski definition) is 2. The number of unbranched alkanes of at least 4 members (excludes halogenated alkanes) is 3. The molecule has 0 amide bonds. The van der Waals surface area contributed by atoms with Crippen LogP contribution in [-0.2, 0) is 4.79 Å². The molecular weight excluding hydrogens is 354 g/mol. The molecule has 2 heteroatoms. The van der Waals surface area contributed by atoms with E-state index in [4.69, 9.17) is 0 Å². The minimum absolute atomic E-state index is 0.0338. The maximum absolute atomic E-state index is 12.6. The van der Waals surface area contributed by atoms with Crippen molar-refractivity contribution in [2.75, 3.05) is 7.05 Å². The van der Waals surface area contributed by atoms with Gasteiger partial charge in [-0.05, 0) is 51.3 Å². The van der Waals surface area contributed by atoms with E-state index in [1.165, 1.54) is 35.1 Å².